The number of hydrogen-bond donors (Lipinski definition) is 2. The van der Waals surface area contributed by atoms with E-state index in [1.54, 1.807) is 38.3 Å². The Labute approximate surface area is 133 Å². The lowest BCUT2D eigenvalue weighted by Crippen LogP contribution is -2.40. The molecule has 0 bridgehead atoms. The predicted octanol–water partition coefficient (Wildman–Crippen LogP) is 2.16. The van der Waals surface area contributed by atoms with Gasteiger partial charge in [-0.25, -0.2) is 0 Å². The van der Waals surface area contributed by atoms with Crippen molar-refractivity contribution in [2.75, 3.05) is 20.3 Å². The fraction of sp³-hybridized carbons (Fsp3) is 0.312. The van der Waals surface area contributed by atoms with E-state index in [4.69, 9.17) is 9.47 Å². The zero-order valence-electron chi connectivity index (χ0n) is 12.5. The van der Waals surface area contributed by atoms with E-state index in [0.717, 1.165) is 10.6 Å². The molecule has 2 N–H and O–H groups in total. The zero-order valence-corrected chi connectivity index (χ0v) is 13.4. The number of carbonyl (C=O) groups is 1. The topological polar surface area (TPSA) is 67.8 Å². The number of rotatable bonds is 7. The van der Waals surface area contributed by atoms with Gasteiger partial charge in [0.25, 0.3) is 5.91 Å². The minimum Gasteiger partial charge on any atom is -0.497 e. The summed E-state index contributed by atoms with van der Waals surface area (Å²) in [4.78, 5) is 12.6. The van der Waals surface area contributed by atoms with E-state index in [-0.39, 0.29) is 19.1 Å². The summed E-state index contributed by atoms with van der Waals surface area (Å²) in [6, 6.07) is 10.7. The van der Waals surface area contributed by atoms with Crippen LogP contribution in [-0.2, 0) is 10.4 Å². The highest BCUT2D eigenvalue weighted by Gasteiger charge is 2.24. The molecule has 0 radical (unpaired) electrons. The van der Waals surface area contributed by atoms with Crippen LogP contribution in [0.15, 0.2) is 41.8 Å². The number of carbonyl (C=O) groups excluding carboxylic acids is 1. The van der Waals surface area contributed by atoms with E-state index < -0.39 is 5.60 Å². The molecule has 2 rings (SSSR count). The molecule has 22 heavy (non-hydrogen) atoms. The first-order valence-electron chi connectivity index (χ1n) is 6.81. The molecule has 0 saturated heterocycles. The lowest BCUT2D eigenvalue weighted by atomic mass is 10.1. The number of amides is 1. The van der Waals surface area contributed by atoms with Crippen LogP contribution in [0.2, 0.25) is 0 Å². The highest BCUT2D eigenvalue weighted by molar-refractivity contribution is 7.10. The largest absolute Gasteiger partial charge is 0.497 e. The third kappa shape index (κ3) is 4.47. The van der Waals surface area contributed by atoms with E-state index in [1.165, 1.54) is 11.3 Å². The van der Waals surface area contributed by atoms with Gasteiger partial charge in [0.2, 0.25) is 0 Å². The highest BCUT2D eigenvalue weighted by atomic mass is 32.1. The molecule has 1 atom stereocenters. The predicted molar refractivity (Wildman–Crippen MR) is 85.4 cm³/mol. The Morgan fingerprint density at radius 1 is 1.27 bits per heavy atom. The maximum Gasteiger partial charge on any atom is 0.258 e. The summed E-state index contributed by atoms with van der Waals surface area (Å²) in [5.74, 6) is 1.03. The Balaban J connectivity index is 1.78. The number of nitrogens with one attached hydrogen (secondary N) is 1. The Kier molecular flexibility index (Phi) is 5.41. The summed E-state index contributed by atoms with van der Waals surface area (Å²) < 4.78 is 10.4. The normalized spacial score (nSPS) is 13.2. The molecule has 0 aliphatic carbocycles. The van der Waals surface area contributed by atoms with Gasteiger partial charge in [-0.1, -0.05) is 6.07 Å². The summed E-state index contributed by atoms with van der Waals surface area (Å²) >= 11 is 1.45. The van der Waals surface area contributed by atoms with Gasteiger partial charge in [-0.2, -0.15) is 0 Å². The molecule has 1 unspecified atom stereocenters. The maximum atomic E-state index is 11.8. The first kappa shape index (κ1) is 16.3. The SMILES string of the molecule is COc1ccc(OCC(=O)NCC(C)(O)c2cccs2)cc1. The first-order chi connectivity index (χ1) is 10.5. The van der Waals surface area contributed by atoms with Gasteiger partial charge in [0, 0.05) is 4.88 Å². The number of hydrogen-bond acceptors (Lipinski definition) is 5. The van der Waals surface area contributed by atoms with Gasteiger partial charge in [0.15, 0.2) is 6.61 Å². The van der Waals surface area contributed by atoms with Gasteiger partial charge >= 0.3 is 0 Å². The van der Waals surface area contributed by atoms with Gasteiger partial charge in [0.1, 0.15) is 17.1 Å². The average molecular weight is 321 g/mol. The quantitative estimate of drug-likeness (QED) is 0.820. The minimum absolute atomic E-state index is 0.104. The van der Waals surface area contributed by atoms with Crippen molar-refractivity contribution in [2.45, 2.75) is 12.5 Å². The number of aliphatic hydroxyl groups is 1. The Morgan fingerprint density at radius 3 is 2.55 bits per heavy atom. The summed E-state index contributed by atoms with van der Waals surface area (Å²) in [5, 5.41) is 14.9. The van der Waals surface area contributed by atoms with Gasteiger partial charge in [0.05, 0.1) is 13.7 Å². The van der Waals surface area contributed by atoms with Gasteiger partial charge < -0.3 is 19.9 Å². The van der Waals surface area contributed by atoms with Crippen molar-refractivity contribution in [1.82, 2.24) is 5.32 Å². The Hall–Kier alpha value is -2.05. The van der Waals surface area contributed by atoms with Crippen molar-refractivity contribution < 1.29 is 19.4 Å². The second kappa shape index (κ2) is 7.29. The van der Waals surface area contributed by atoms with Crippen molar-refractivity contribution in [2.24, 2.45) is 0 Å². The molecule has 0 spiro atoms. The number of benzene rings is 1. The van der Waals surface area contributed by atoms with Gasteiger partial charge in [-0.3, -0.25) is 4.79 Å². The van der Waals surface area contributed by atoms with Crippen LogP contribution < -0.4 is 14.8 Å². The number of methoxy groups -OCH3 is 1. The van der Waals surface area contributed by atoms with Crippen LogP contribution in [0.3, 0.4) is 0 Å². The molecule has 118 valence electrons. The second-order valence-electron chi connectivity index (χ2n) is 4.99. The van der Waals surface area contributed by atoms with Crippen LogP contribution in [-0.4, -0.2) is 31.3 Å². The molecule has 1 aromatic heterocycles. The molecule has 1 aromatic carbocycles. The van der Waals surface area contributed by atoms with Crippen LogP contribution in [0.25, 0.3) is 0 Å². The monoisotopic (exact) mass is 321 g/mol. The fourth-order valence-electron chi connectivity index (χ4n) is 1.81. The van der Waals surface area contributed by atoms with Crippen molar-refractivity contribution in [3.8, 4) is 11.5 Å². The Morgan fingerprint density at radius 2 is 1.95 bits per heavy atom. The van der Waals surface area contributed by atoms with E-state index in [9.17, 15) is 9.90 Å². The van der Waals surface area contributed by atoms with E-state index in [0.29, 0.717) is 5.75 Å². The van der Waals surface area contributed by atoms with Crippen LogP contribution in [0.1, 0.15) is 11.8 Å². The van der Waals surface area contributed by atoms with E-state index in [1.807, 2.05) is 17.5 Å². The lowest BCUT2D eigenvalue weighted by molar-refractivity contribution is -0.124. The van der Waals surface area contributed by atoms with Crippen molar-refractivity contribution in [1.29, 1.82) is 0 Å². The molecular weight excluding hydrogens is 302 g/mol. The third-order valence-corrected chi connectivity index (χ3v) is 4.23. The molecular formula is C16H19NO4S. The number of ether oxygens (including phenoxy) is 2. The van der Waals surface area contributed by atoms with Crippen molar-refractivity contribution in [3.05, 3.63) is 46.7 Å². The molecule has 1 amide bonds. The smallest absolute Gasteiger partial charge is 0.258 e. The maximum absolute atomic E-state index is 11.8. The molecule has 6 heteroatoms. The summed E-state index contributed by atoms with van der Waals surface area (Å²) in [5.41, 5.74) is -1.08. The molecule has 2 aromatic rings. The van der Waals surface area contributed by atoms with Crippen LogP contribution in [0.5, 0.6) is 11.5 Å². The third-order valence-electron chi connectivity index (χ3n) is 3.11. The van der Waals surface area contributed by atoms with Crippen molar-refractivity contribution >= 4 is 17.2 Å². The molecule has 5 nitrogen and oxygen atoms in total. The molecule has 0 fully saturated rings. The Bertz CT molecular complexity index is 593. The van der Waals surface area contributed by atoms with Gasteiger partial charge in [-0.05, 0) is 42.6 Å². The molecule has 0 aliphatic heterocycles. The average Bonchev–Trinajstić information content (AvgIpc) is 3.07. The van der Waals surface area contributed by atoms with Crippen molar-refractivity contribution in [3.63, 3.8) is 0 Å². The lowest BCUT2D eigenvalue weighted by Gasteiger charge is -2.22. The standard InChI is InChI=1S/C16H19NO4S/c1-16(19,14-4-3-9-22-14)11-17-15(18)10-21-13-7-5-12(20-2)6-8-13/h3-9,19H,10-11H2,1-2H3,(H,17,18). The summed E-state index contributed by atoms with van der Waals surface area (Å²) in [6.45, 7) is 1.70. The molecule has 0 saturated carbocycles. The summed E-state index contributed by atoms with van der Waals surface area (Å²) in [7, 11) is 1.59. The van der Waals surface area contributed by atoms with Crippen LogP contribution >= 0.6 is 11.3 Å². The first-order valence-corrected chi connectivity index (χ1v) is 7.69. The zero-order chi connectivity index (χ0) is 16.0. The number of thiophene rings is 1. The van der Waals surface area contributed by atoms with E-state index >= 15 is 0 Å². The molecule has 0 aliphatic rings. The van der Waals surface area contributed by atoms with E-state index in [2.05, 4.69) is 5.32 Å². The summed E-state index contributed by atoms with van der Waals surface area (Å²) in [6.07, 6.45) is 0. The van der Waals surface area contributed by atoms with Gasteiger partial charge in [-0.15, -0.1) is 11.3 Å². The minimum atomic E-state index is -1.08. The molecule has 1 heterocycles. The van der Waals surface area contributed by atoms with Crippen LogP contribution in [0, 0.1) is 0 Å². The highest BCUT2D eigenvalue weighted by Crippen LogP contribution is 2.24. The second-order valence-corrected chi connectivity index (χ2v) is 5.94. The van der Waals surface area contributed by atoms with Crippen LogP contribution in [0.4, 0.5) is 0 Å². The fourth-order valence-corrected chi connectivity index (χ4v) is 2.60.